The molecule has 0 fully saturated rings. The molecule has 0 aromatic heterocycles. The van der Waals surface area contributed by atoms with Gasteiger partial charge in [-0.3, -0.25) is 9.59 Å². The second-order valence-electron chi connectivity index (χ2n) is 3.54. The van der Waals surface area contributed by atoms with Crippen LogP contribution in [0.25, 0.3) is 0 Å². The molecule has 0 aliphatic rings. The molecule has 0 spiro atoms. The van der Waals surface area contributed by atoms with E-state index in [1.54, 1.807) is 6.92 Å². The molecule has 0 heterocycles. The maximum Gasteiger partial charge on any atom is 0.220 e. The SMILES string of the molecule is CCC.CCC(=O)NC(CCC=O)C(C)=O.CO. The van der Waals surface area contributed by atoms with E-state index in [0.29, 0.717) is 19.3 Å². The van der Waals surface area contributed by atoms with Gasteiger partial charge in [-0.1, -0.05) is 27.2 Å². The Morgan fingerprint density at radius 1 is 1.22 bits per heavy atom. The van der Waals surface area contributed by atoms with Crippen LogP contribution in [0, 0.1) is 0 Å². The zero-order valence-electron chi connectivity index (χ0n) is 12.2. The minimum Gasteiger partial charge on any atom is -0.400 e. The minimum absolute atomic E-state index is 0.108. The summed E-state index contributed by atoms with van der Waals surface area (Å²) in [5.74, 6) is -0.269. The minimum atomic E-state index is -0.502. The number of carbonyl (C=O) groups excluding carboxylic acids is 3. The van der Waals surface area contributed by atoms with Crippen LogP contribution in [0.15, 0.2) is 0 Å². The summed E-state index contributed by atoms with van der Waals surface area (Å²) in [6.07, 6.45) is 3.04. The van der Waals surface area contributed by atoms with E-state index in [1.165, 1.54) is 13.3 Å². The third-order valence-electron chi connectivity index (χ3n) is 1.72. The van der Waals surface area contributed by atoms with Crippen molar-refractivity contribution in [1.82, 2.24) is 5.32 Å². The lowest BCUT2D eigenvalue weighted by molar-refractivity contribution is -0.127. The molecule has 0 bridgehead atoms. The van der Waals surface area contributed by atoms with Crippen LogP contribution in [-0.4, -0.2) is 36.2 Å². The van der Waals surface area contributed by atoms with Crippen molar-refractivity contribution in [2.24, 2.45) is 0 Å². The first-order valence-corrected chi connectivity index (χ1v) is 6.21. The molecule has 0 radical (unpaired) electrons. The summed E-state index contributed by atoms with van der Waals surface area (Å²) in [5.41, 5.74) is 0. The highest BCUT2D eigenvalue weighted by molar-refractivity contribution is 5.87. The topological polar surface area (TPSA) is 83.5 Å². The van der Waals surface area contributed by atoms with Crippen molar-refractivity contribution in [1.29, 1.82) is 0 Å². The van der Waals surface area contributed by atoms with Crippen LogP contribution < -0.4 is 5.32 Å². The normalized spacial score (nSPS) is 9.89. The van der Waals surface area contributed by atoms with Gasteiger partial charge in [0, 0.05) is 20.0 Å². The molecule has 1 unspecified atom stereocenters. The average Bonchev–Trinajstić information content (AvgIpc) is 2.37. The maximum absolute atomic E-state index is 11.0. The van der Waals surface area contributed by atoms with Crippen LogP contribution >= 0.6 is 0 Å². The molecule has 1 atom stereocenters. The summed E-state index contributed by atoms with van der Waals surface area (Å²) in [5, 5.41) is 9.55. The summed E-state index contributed by atoms with van der Waals surface area (Å²) in [6, 6.07) is -0.502. The number of hydrogen-bond donors (Lipinski definition) is 2. The van der Waals surface area contributed by atoms with Crippen molar-refractivity contribution in [2.45, 2.75) is 59.4 Å². The van der Waals surface area contributed by atoms with Crippen molar-refractivity contribution >= 4 is 18.0 Å². The Balaban J connectivity index is -0.000000389. The number of nitrogens with one attached hydrogen (secondary N) is 1. The maximum atomic E-state index is 11.0. The fourth-order valence-electron chi connectivity index (χ4n) is 0.908. The van der Waals surface area contributed by atoms with Gasteiger partial charge >= 0.3 is 0 Å². The van der Waals surface area contributed by atoms with Gasteiger partial charge in [-0.25, -0.2) is 0 Å². The summed E-state index contributed by atoms with van der Waals surface area (Å²) in [6.45, 7) is 7.37. The van der Waals surface area contributed by atoms with Gasteiger partial charge in [0.05, 0.1) is 6.04 Å². The third-order valence-corrected chi connectivity index (χ3v) is 1.72. The first kappa shape index (κ1) is 22.0. The standard InChI is InChI=1S/C9H15NO3.C3H8.CH4O/c1-3-9(13)10-8(7(2)12)5-4-6-11;1-3-2;1-2/h6,8H,3-5H2,1-2H3,(H,10,13);3H2,1-2H3;2H,1H3. The molecule has 2 N–H and O–H groups in total. The number of aliphatic hydroxyl groups excluding tert-OH is 1. The Labute approximate surface area is 110 Å². The molecule has 0 aliphatic carbocycles. The van der Waals surface area contributed by atoms with Crippen molar-refractivity contribution in [2.75, 3.05) is 7.11 Å². The summed E-state index contributed by atoms with van der Waals surface area (Å²) >= 11 is 0. The summed E-state index contributed by atoms with van der Waals surface area (Å²) < 4.78 is 0. The molecule has 5 nitrogen and oxygen atoms in total. The summed E-state index contributed by atoms with van der Waals surface area (Å²) in [4.78, 5) is 32.0. The number of aldehydes is 1. The van der Waals surface area contributed by atoms with Gasteiger partial charge in [-0.2, -0.15) is 0 Å². The van der Waals surface area contributed by atoms with E-state index in [-0.39, 0.29) is 11.7 Å². The van der Waals surface area contributed by atoms with Crippen molar-refractivity contribution in [3.8, 4) is 0 Å². The lowest BCUT2D eigenvalue weighted by atomic mass is 10.1. The Morgan fingerprint density at radius 3 is 1.94 bits per heavy atom. The van der Waals surface area contributed by atoms with Gasteiger partial charge in [0.15, 0.2) is 5.78 Å². The molecule has 108 valence electrons. The Bertz CT molecular complexity index is 217. The Kier molecular flexibility index (Phi) is 22.2. The fourth-order valence-corrected chi connectivity index (χ4v) is 0.908. The largest absolute Gasteiger partial charge is 0.400 e. The van der Waals surface area contributed by atoms with Gasteiger partial charge in [-0.15, -0.1) is 0 Å². The first-order valence-electron chi connectivity index (χ1n) is 6.21. The van der Waals surface area contributed by atoms with Gasteiger partial charge in [0.1, 0.15) is 6.29 Å². The number of hydrogen-bond acceptors (Lipinski definition) is 4. The Hall–Kier alpha value is -1.23. The molecule has 0 saturated heterocycles. The molecule has 0 rings (SSSR count). The van der Waals surface area contributed by atoms with E-state index in [9.17, 15) is 14.4 Å². The number of ketones is 1. The van der Waals surface area contributed by atoms with E-state index in [1.807, 2.05) is 0 Å². The molecule has 18 heavy (non-hydrogen) atoms. The average molecular weight is 261 g/mol. The van der Waals surface area contributed by atoms with Crippen LogP contribution in [-0.2, 0) is 14.4 Å². The van der Waals surface area contributed by atoms with Crippen LogP contribution in [0.1, 0.15) is 53.4 Å². The quantitative estimate of drug-likeness (QED) is 0.709. The van der Waals surface area contributed by atoms with E-state index >= 15 is 0 Å². The number of Topliss-reactive ketones (excluding diaryl/α,β-unsaturated/α-hetero) is 1. The molecule has 5 heteroatoms. The molecular formula is C13H27NO4. The van der Waals surface area contributed by atoms with Gasteiger partial charge in [0.2, 0.25) is 5.91 Å². The second kappa shape index (κ2) is 18.1. The van der Waals surface area contributed by atoms with Crippen LogP contribution in [0.3, 0.4) is 0 Å². The molecular weight excluding hydrogens is 234 g/mol. The zero-order chi connectivity index (χ0) is 15.0. The van der Waals surface area contributed by atoms with Crippen LogP contribution in [0.5, 0.6) is 0 Å². The highest BCUT2D eigenvalue weighted by Crippen LogP contribution is 1.97. The lowest BCUT2D eigenvalue weighted by Crippen LogP contribution is -2.39. The van der Waals surface area contributed by atoms with Gasteiger partial charge < -0.3 is 15.2 Å². The molecule has 1 amide bonds. The van der Waals surface area contributed by atoms with Crippen molar-refractivity contribution in [3.05, 3.63) is 0 Å². The molecule has 0 aromatic rings. The number of carbonyl (C=O) groups is 3. The number of rotatable bonds is 6. The zero-order valence-corrected chi connectivity index (χ0v) is 12.2. The molecule has 0 saturated carbocycles. The molecule has 0 aromatic carbocycles. The monoisotopic (exact) mass is 261 g/mol. The number of amides is 1. The summed E-state index contributed by atoms with van der Waals surface area (Å²) in [7, 11) is 1.00. The van der Waals surface area contributed by atoms with Gasteiger partial charge in [0.25, 0.3) is 0 Å². The smallest absolute Gasteiger partial charge is 0.220 e. The highest BCUT2D eigenvalue weighted by Gasteiger charge is 2.14. The van der Waals surface area contributed by atoms with Crippen molar-refractivity contribution in [3.63, 3.8) is 0 Å². The van der Waals surface area contributed by atoms with Gasteiger partial charge in [-0.05, 0) is 13.3 Å². The van der Waals surface area contributed by atoms with Crippen LogP contribution in [0.4, 0.5) is 0 Å². The lowest BCUT2D eigenvalue weighted by Gasteiger charge is -2.13. The van der Waals surface area contributed by atoms with E-state index in [0.717, 1.165) is 13.4 Å². The number of aliphatic hydroxyl groups is 1. The van der Waals surface area contributed by atoms with E-state index in [4.69, 9.17) is 5.11 Å². The predicted octanol–water partition coefficient (Wildman–Crippen LogP) is 1.47. The highest BCUT2D eigenvalue weighted by atomic mass is 16.2. The fraction of sp³-hybridized carbons (Fsp3) is 0.769. The van der Waals surface area contributed by atoms with E-state index in [2.05, 4.69) is 19.2 Å². The van der Waals surface area contributed by atoms with E-state index < -0.39 is 6.04 Å². The predicted molar refractivity (Wildman–Crippen MR) is 72.3 cm³/mol. The molecule has 0 aliphatic heterocycles. The van der Waals surface area contributed by atoms with Crippen LogP contribution in [0.2, 0.25) is 0 Å². The van der Waals surface area contributed by atoms with Crippen molar-refractivity contribution < 1.29 is 19.5 Å². The second-order valence-corrected chi connectivity index (χ2v) is 3.54. The Morgan fingerprint density at radius 2 is 1.67 bits per heavy atom. The first-order chi connectivity index (χ1) is 8.53. The third kappa shape index (κ3) is 17.2.